The Hall–Kier alpha value is -1.72. The van der Waals surface area contributed by atoms with Gasteiger partial charge in [-0.3, -0.25) is 9.59 Å². The fraction of sp³-hybridized carbons (Fsp3) is 0.529. The van der Waals surface area contributed by atoms with E-state index in [1.165, 1.54) is 6.92 Å². The number of nitrogens with zero attached hydrogens (tertiary/aromatic N) is 2. The molecule has 1 aromatic rings. The number of Topliss-reactive ketones (excluding diaryl/α,β-unsaturated/α-hetero) is 1. The van der Waals surface area contributed by atoms with Crippen molar-refractivity contribution in [3.05, 3.63) is 35.4 Å². The second kappa shape index (κ2) is 6.18. The van der Waals surface area contributed by atoms with Gasteiger partial charge in [0.15, 0.2) is 5.78 Å². The van der Waals surface area contributed by atoms with E-state index >= 15 is 0 Å². The average Bonchev–Trinajstić information content (AvgIpc) is 2.76. The number of rotatable bonds is 2. The van der Waals surface area contributed by atoms with Crippen LogP contribution in [0.2, 0.25) is 0 Å². The van der Waals surface area contributed by atoms with Crippen molar-refractivity contribution < 1.29 is 14.3 Å². The van der Waals surface area contributed by atoms with E-state index in [-0.39, 0.29) is 17.7 Å². The first kappa shape index (κ1) is 15.2. The van der Waals surface area contributed by atoms with Crippen LogP contribution in [0.1, 0.15) is 27.6 Å². The predicted molar refractivity (Wildman–Crippen MR) is 83.1 cm³/mol. The van der Waals surface area contributed by atoms with E-state index in [9.17, 15) is 9.59 Å². The van der Waals surface area contributed by atoms with E-state index < -0.39 is 0 Å². The average molecular weight is 302 g/mol. The van der Waals surface area contributed by atoms with Gasteiger partial charge in [-0.25, -0.2) is 0 Å². The van der Waals surface area contributed by atoms with Gasteiger partial charge in [0.2, 0.25) is 0 Å². The van der Waals surface area contributed by atoms with E-state index in [0.717, 1.165) is 19.6 Å². The molecule has 0 radical (unpaired) electrons. The molecule has 0 spiro atoms. The smallest absolute Gasteiger partial charge is 0.254 e. The van der Waals surface area contributed by atoms with Gasteiger partial charge in [-0.05, 0) is 26.1 Å². The van der Waals surface area contributed by atoms with Crippen molar-refractivity contribution in [2.45, 2.75) is 13.0 Å². The number of carbonyl (C=O) groups is 2. The molecule has 22 heavy (non-hydrogen) atoms. The summed E-state index contributed by atoms with van der Waals surface area (Å²) in [5, 5.41) is 0. The largest absolute Gasteiger partial charge is 0.379 e. The zero-order valence-corrected chi connectivity index (χ0v) is 13.1. The van der Waals surface area contributed by atoms with Crippen LogP contribution in [-0.4, -0.2) is 67.4 Å². The van der Waals surface area contributed by atoms with E-state index in [1.807, 2.05) is 4.90 Å². The molecule has 5 heteroatoms. The molecule has 0 saturated carbocycles. The van der Waals surface area contributed by atoms with Gasteiger partial charge >= 0.3 is 0 Å². The Balaban J connectivity index is 1.82. The molecule has 2 aliphatic heterocycles. The number of hydrogen-bond acceptors (Lipinski definition) is 4. The molecule has 1 aromatic carbocycles. The Kier molecular flexibility index (Phi) is 4.27. The topological polar surface area (TPSA) is 49.9 Å². The maximum atomic E-state index is 12.8. The summed E-state index contributed by atoms with van der Waals surface area (Å²) >= 11 is 0. The van der Waals surface area contributed by atoms with Crippen LogP contribution in [0.5, 0.6) is 0 Å². The van der Waals surface area contributed by atoms with Crippen LogP contribution >= 0.6 is 0 Å². The summed E-state index contributed by atoms with van der Waals surface area (Å²) in [5.41, 5.74) is 1.27. The minimum absolute atomic E-state index is 0.0136. The van der Waals surface area contributed by atoms with Crippen LogP contribution < -0.4 is 0 Å². The van der Waals surface area contributed by atoms with Crippen molar-refractivity contribution in [1.29, 1.82) is 0 Å². The maximum absolute atomic E-state index is 12.8. The van der Waals surface area contributed by atoms with Crippen LogP contribution in [0.25, 0.3) is 0 Å². The number of benzene rings is 1. The third kappa shape index (κ3) is 3.05. The SMILES string of the molecule is CC(=O)c1ccc(C(=O)N2C[C@H]3COC[C@@H]2CN(C)C3)cc1. The highest BCUT2D eigenvalue weighted by molar-refractivity contribution is 5.97. The summed E-state index contributed by atoms with van der Waals surface area (Å²) in [4.78, 5) is 28.4. The molecular weight excluding hydrogens is 280 g/mol. The fourth-order valence-corrected chi connectivity index (χ4v) is 3.34. The number of carbonyl (C=O) groups excluding carboxylic acids is 2. The molecule has 2 aliphatic rings. The molecule has 2 heterocycles. The van der Waals surface area contributed by atoms with Crippen molar-refractivity contribution in [3.8, 4) is 0 Å². The molecule has 1 amide bonds. The zero-order chi connectivity index (χ0) is 15.7. The van der Waals surface area contributed by atoms with Crippen LogP contribution in [0, 0.1) is 5.92 Å². The standard InChI is InChI=1S/C17H22N2O3/c1-12(20)14-3-5-15(6-4-14)17(21)19-8-13-7-18(2)9-16(19)11-22-10-13/h3-6,13,16H,7-11H2,1-2H3/t13-,16-/m0/s1. The third-order valence-corrected chi connectivity index (χ3v) is 4.45. The lowest BCUT2D eigenvalue weighted by Gasteiger charge is -2.29. The monoisotopic (exact) mass is 302 g/mol. The molecule has 2 atom stereocenters. The first-order valence-corrected chi connectivity index (χ1v) is 7.73. The van der Waals surface area contributed by atoms with E-state index in [2.05, 4.69) is 11.9 Å². The number of likely N-dealkylation sites (N-methyl/N-ethyl adjacent to an activating group) is 1. The highest BCUT2D eigenvalue weighted by atomic mass is 16.5. The van der Waals surface area contributed by atoms with E-state index in [1.54, 1.807) is 24.3 Å². The summed E-state index contributed by atoms with van der Waals surface area (Å²) in [5.74, 6) is 0.406. The lowest BCUT2D eigenvalue weighted by atomic mass is 10.1. The number of amides is 1. The van der Waals surface area contributed by atoms with Gasteiger partial charge in [-0.2, -0.15) is 0 Å². The first-order chi connectivity index (χ1) is 10.5. The lowest BCUT2D eigenvalue weighted by molar-refractivity contribution is 0.0483. The molecule has 0 N–H and O–H groups in total. The summed E-state index contributed by atoms with van der Waals surface area (Å²) in [7, 11) is 2.10. The Morgan fingerprint density at radius 3 is 2.41 bits per heavy atom. The van der Waals surface area contributed by atoms with E-state index in [0.29, 0.717) is 30.3 Å². The highest BCUT2D eigenvalue weighted by Gasteiger charge is 2.35. The molecule has 5 nitrogen and oxygen atoms in total. The molecule has 2 saturated heterocycles. The van der Waals surface area contributed by atoms with Crippen LogP contribution in [0.15, 0.2) is 24.3 Å². The predicted octanol–water partition coefficient (Wildman–Crippen LogP) is 1.29. The molecule has 0 unspecified atom stereocenters. The third-order valence-electron chi connectivity index (χ3n) is 4.45. The van der Waals surface area contributed by atoms with Crippen molar-refractivity contribution in [2.75, 3.05) is 39.9 Å². The minimum Gasteiger partial charge on any atom is -0.379 e. The van der Waals surface area contributed by atoms with Gasteiger partial charge in [0.1, 0.15) is 0 Å². The Bertz CT molecular complexity index is 570. The Morgan fingerprint density at radius 2 is 1.73 bits per heavy atom. The maximum Gasteiger partial charge on any atom is 0.254 e. The molecule has 2 fully saturated rings. The second-order valence-corrected chi connectivity index (χ2v) is 6.37. The first-order valence-electron chi connectivity index (χ1n) is 7.73. The normalized spacial score (nSPS) is 25.6. The Morgan fingerprint density at radius 1 is 1.05 bits per heavy atom. The van der Waals surface area contributed by atoms with Crippen LogP contribution in [0.4, 0.5) is 0 Å². The van der Waals surface area contributed by atoms with Crippen LogP contribution in [-0.2, 0) is 4.74 Å². The summed E-state index contributed by atoms with van der Waals surface area (Å²) in [6, 6.07) is 7.04. The van der Waals surface area contributed by atoms with Gasteiger partial charge in [0.05, 0.1) is 19.3 Å². The number of ketones is 1. The van der Waals surface area contributed by atoms with Crippen molar-refractivity contribution in [3.63, 3.8) is 0 Å². The summed E-state index contributed by atoms with van der Waals surface area (Å²) in [6.07, 6.45) is 0. The molecule has 0 aromatic heterocycles. The van der Waals surface area contributed by atoms with Crippen LogP contribution in [0.3, 0.4) is 0 Å². The van der Waals surface area contributed by atoms with Crippen molar-refractivity contribution in [1.82, 2.24) is 9.80 Å². The van der Waals surface area contributed by atoms with Gasteiger partial charge in [-0.15, -0.1) is 0 Å². The number of fused-ring (bicyclic) bond motifs is 3. The van der Waals surface area contributed by atoms with Crippen molar-refractivity contribution in [2.24, 2.45) is 5.92 Å². The van der Waals surface area contributed by atoms with Gasteiger partial charge in [0, 0.05) is 36.7 Å². The fourth-order valence-electron chi connectivity index (χ4n) is 3.34. The zero-order valence-electron chi connectivity index (χ0n) is 13.1. The molecule has 2 bridgehead atoms. The highest BCUT2D eigenvalue weighted by Crippen LogP contribution is 2.21. The van der Waals surface area contributed by atoms with Gasteiger partial charge < -0.3 is 14.5 Å². The quantitative estimate of drug-likeness (QED) is 0.773. The Labute approximate surface area is 130 Å². The number of hydrogen-bond donors (Lipinski definition) is 0. The van der Waals surface area contributed by atoms with Gasteiger partial charge in [-0.1, -0.05) is 12.1 Å². The molecule has 0 aliphatic carbocycles. The summed E-state index contributed by atoms with van der Waals surface area (Å²) < 4.78 is 5.71. The molecular formula is C17H22N2O3. The van der Waals surface area contributed by atoms with E-state index in [4.69, 9.17) is 4.74 Å². The summed E-state index contributed by atoms with van der Waals surface area (Å²) in [6.45, 7) is 5.38. The minimum atomic E-state index is 0.0136. The van der Waals surface area contributed by atoms with Crippen molar-refractivity contribution >= 4 is 11.7 Å². The number of ether oxygens (including phenoxy) is 1. The second-order valence-electron chi connectivity index (χ2n) is 6.37. The lowest BCUT2D eigenvalue weighted by Crippen LogP contribution is -2.45. The molecule has 118 valence electrons. The molecule has 3 rings (SSSR count). The van der Waals surface area contributed by atoms with Gasteiger partial charge in [0.25, 0.3) is 5.91 Å².